The number of nitrogens with zero attached hydrogens (tertiary/aromatic N) is 4. The van der Waals surface area contributed by atoms with Crippen molar-refractivity contribution in [3.05, 3.63) is 97.0 Å². The van der Waals surface area contributed by atoms with E-state index in [1.54, 1.807) is 36.7 Å². The van der Waals surface area contributed by atoms with Crippen molar-refractivity contribution in [1.82, 2.24) is 24.8 Å². The van der Waals surface area contributed by atoms with Gasteiger partial charge in [0.2, 0.25) is 5.88 Å². The molecule has 0 saturated carbocycles. The van der Waals surface area contributed by atoms with E-state index in [1.807, 2.05) is 48.1 Å². The highest BCUT2D eigenvalue weighted by Crippen LogP contribution is 2.22. The zero-order valence-corrected chi connectivity index (χ0v) is 17.9. The van der Waals surface area contributed by atoms with Crippen molar-refractivity contribution < 1.29 is 14.3 Å². The van der Waals surface area contributed by atoms with Crippen LogP contribution in [-0.2, 0) is 23.1 Å². The van der Waals surface area contributed by atoms with Crippen LogP contribution in [0.5, 0.6) is 11.6 Å². The van der Waals surface area contributed by atoms with Crippen LogP contribution in [0.4, 0.5) is 5.69 Å². The molecule has 2 heterocycles. The number of carbonyl (C=O) groups is 2. The van der Waals surface area contributed by atoms with Crippen LogP contribution < -0.4 is 15.4 Å². The number of benzene rings is 2. The maximum Gasteiger partial charge on any atom is 0.313 e. The summed E-state index contributed by atoms with van der Waals surface area (Å²) in [6.07, 6.45) is 8.50. The summed E-state index contributed by atoms with van der Waals surface area (Å²) in [7, 11) is 1.88. The highest BCUT2D eigenvalue weighted by Gasteiger charge is 2.22. The molecule has 4 rings (SSSR count). The van der Waals surface area contributed by atoms with Crippen molar-refractivity contribution in [3.8, 4) is 11.6 Å². The van der Waals surface area contributed by atoms with E-state index < -0.39 is 17.9 Å². The van der Waals surface area contributed by atoms with Gasteiger partial charge in [-0.15, -0.1) is 0 Å². The lowest BCUT2D eigenvalue weighted by Crippen LogP contribution is -2.38. The summed E-state index contributed by atoms with van der Waals surface area (Å²) in [5.41, 5.74) is 1.29. The predicted molar refractivity (Wildman–Crippen MR) is 121 cm³/mol. The molecule has 2 N–H and O–H groups in total. The van der Waals surface area contributed by atoms with Crippen molar-refractivity contribution in [2.24, 2.45) is 7.05 Å². The van der Waals surface area contributed by atoms with Crippen LogP contribution in [-0.4, -0.2) is 31.3 Å². The highest BCUT2D eigenvalue weighted by atomic mass is 16.5. The lowest BCUT2D eigenvalue weighted by Gasteiger charge is -2.19. The van der Waals surface area contributed by atoms with E-state index in [-0.39, 0.29) is 0 Å². The summed E-state index contributed by atoms with van der Waals surface area (Å²) in [6.45, 7) is 0. The standard InChI is InChI=1S/C24H22N6O3/c1-30-13-12-26-21(30)15-20(17-6-3-2-4-7-17)29-24(32)23(31)28-18-8-5-9-19(14-18)33-22-16-25-10-11-27-22/h2-14,16,20H,15H2,1H3,(H,28,31)(H,29,32)/t20-/m0/s1. The molecule has 2 aromatic heterocycles. The second-order valence-corrected chi connectivity index (χ2v) is 7.22. The Bertz CT molecular complexity index is 1230. The molecule has 4 aromatic rings. The number of imidazole rings is 1. The maximum absolute atomic E-state index is 12.7. The van der Waals surface area contributed by atoms with Crippen molar-refractivity contribution >= 4 is 17.5 Å². The molecule has 2 aromatic carbocycles. The fraction of sp³-hybridized carbons (Fsp3) is 0.125. The van der Waals surface area contributed by atoms with Crippen LogP contribution in [0.2, 0.25) is 0 Å². The van der Waals surface area contributed by atoms with Gasteiger partial charge >= 0.3 is 11.8 Å². The van der Waals surface area contributed by atoms with Gasteiger partial charge in [0.25, 0.3) is 0 Å². The molecule has 0 spiro atoms. The molecule has 0 bridgehead atoms. The summed E-state index contributed by atoms with van der Waals surface area (Å²) in [5, 5.41) is 5.43. The molecule has 33 heavy (non-hydrogen) atoms. The zero-order chi connectivity index (χ0) is 23.0. The van der Waals surface area contributed by atoms with E-state index >= 15 is 0 Å². The Morgan fingerprint density at radius 2 is 1.85 bits per heavy atom. The van der Waals surface area contributed by atoms with Gasteiger partial charge in [0.05, 0.1) is 12.2 Å². The number of ether oxygens (including phenoxy) is 1. The Kier molecular flexibility index (Phi) is 6.70. The fourth-order valence-corrected chi connectivity index (χ4v) is 3.22. The average molecular weight is 442 g/mol. The van der Waals surface area contributed by atoms with Crippen molar-refractivity contribution in [1.29, 1.82) is 0 Å². The van der Waals surface area contributed by atoms with Gasteiger partial charge in [-0.05, 0) is 17.7 Å². The minimum Gasteiger partial charge on any atom is -0.437 e. The van der Waals surface area contributed by atoms with Gasteiger partial charge in [-0.1, -0.05) is 36.4 Å². The molecule has 9 heteroatoms. The Hall–Kier alpha value is -4.53. The summed E-state index contributed by atoms with van der Waals surface area (Å²) in [4.78, 5) is 37.7. The third kappa shape index (κ3) is 5.79. The van der Waals surface area contributed by atoms with Gasteiger partial charge in [0.1, 0.15) is 11.6 Å². The van der Waals surface area contributed by atoms with Crippen LogP contribution in [0.15, 0.2) is 85.6 Å². The predicted octanol–water partition coefficient (Wildman–Crippen LogP) is 3.04. The first-order valence-electron chi connectivity index (χ1n) is 10.3. The number of amides is 2. The molecule has 166 valence electrons. The second-order valence-electron chi connectivity index (χ2n) is 7.22. The lowest BCUT2D eigenvalue weighted by atomic mass is 10.0. The van der Waals surface area contributed by atoms with E-state index in [1.165, 1.54) is 12.4 Å². The normalized spacial score (nSPS) is 11.4. The molecule has 2 amide bonds. The minimum absolute atomic E-state index is 0.318. The highest BCUT2D eigenvalue weighted by molar-refractivity contribution is 6.39. The first-order chi connectivity index (χ1) is 16.1. The van der Waals surface area contributed by atoms with Crippen molar-refractivity contribution in [2.75, 3.05) is 5.32 Å². The zero-order valence-electron chi connectivity index (χ0n) is 17.9. The minimum atomic E-state index is -0.785. The van der Waals surface area contributed by atoms with Gasteiger partial charge in [-0.25, -0.2) is 9.97 Å². The third-order valence-corrected chi connectivity index (χ3v) is 4.87. The summed E-state index contributed by atoms with van der Waals surface area (Å²) in [5.74, 6) is 0.0218. The van der Waals surface area contributed by atoms with E-state index in [0.717, 1.165) is 11.4 Å². The first-order valence-corrected chi connectivity index (χ1v) is 10.3. The van der Waals surface area contributed by atoms with Gasteiger partial charge in [-0.2, -0.15) is 0 Å². The number of rotatable bonds is 7. The molecule has 0 saturated heterocycles. The molecule has 0 fully saturated rings. The number of aryl methyl sites for hydroxylation is 1. The van der Waals surface area contributed by atoms with Crippen molar-refractivity contribution in [3.63, 3.8) is 0 Å². The smallest absolute Gasteiger partial charge is 0.313 e. The number of anilines is 1. The fourth-order valence-electron chi connectivity index (χ4n) is 3.22. The Morgan fingerprint density at radius 1 is 1.00 bits per heavy atom. The molecule has 9 nitrogen and oxygen atoms in total. The van der Waals surface area contributed by atoms with E-state index in [4.69, 9.17) is 4.74 Å². The number of carbonyl (C=O) groups excluding carboxylic acids is 2. The number of hydrogen-bond donors (Lipinski definition) is 2. The van der Waals surface area contributed by atoms with Crippen LogP contribution >= 0.6 is 0 Å². The van der Waals surface area contributed by atoms with Crippen LogP contribution in [0, 0.1) is 0 Å². The van der Waals surface area contributed by atoms with E-state index in [0.29, 0.717) is 23.7 Å². The quantitative estimate of drug-likeness (QED) is 0.426. The summed E-state index contributed by atoms with van der Waals surface area (Å²) in [6, 6.07) is 15.7. The van der Waals surface area contributed by atoms with Crippen LogP contribution in [0.3, 0.4) is 0 Å². The second kappa shape index (κ2) is 10.2. The molecule has 0 radical (unpaired) electrons. The number of aromatic nitrogens is 4. The van der Waals surface area contributed by atoms with Gasteiger partial charge in [0.15, 0.2) is 0 Å². The number of hydrogen-bond acceptors (Lipinski definition) is 6. The molecular formula is C24H22N6O3. The lowest BCUT2D eigenvalue weighted by molar-refractivity contribution is -0.136. The third-order valence-electron chi connectivity index (χ3n) is 4.87. The molecular weight excluding hydrogens is 420 g/mol. The molecule has 1 atom stereocenters. The molecule has 0 aliphatic carbocycles. The molecule has 0 aliphatic heterocycles. The SMILES string of the molecule is Cn1ccnc1C[C@H](NC(=O)C(=O)Nc1cccc(Oc2cnccn2)c1)c1ccccc1. The Labute approximate surface area is 190 Å². The monoisotopic (exact) mass is 442 g/mol. The summed E-state index contributed by atoms with van der Waals surface area (Å²) < 4.78 is 7.50. The van der Waals surface area contributed by atoms with Gasteiger partial charge in [0, 0.05) is 50.0 Å². The molecule has 0 unspecified atom stereocenters. The first kappa shape index (κ1) is 21.7. The van der Waals surface area contributed by atoms with E-state index in [2.05, 4.69) is 25.6 Å². The molecule has 0 aliphatic rings. The van der Waals surface area contributed by atoms with Crippen molar-refractivity contribution in [2.45, 2.75) is 12.5 Å². The number of nitrogens with one attached hydrogen (secondary N) is 2. The average Bonchev–Trinajstić information content (AvgIpc) is 3.24. The topological polar surface area (TPSA) is 111 Å². The van der Waals surface area contributed by atoms with Crippen LogP contribution in [0.1, 0.15) is 17.4 Å². The maximum atomic E-state index is 12.7. The summed E-state index contributed by atoms with van der Waals surface area (Å²) >= 11 is 0. The Balaban J connectivity index is 1.44. The van der Waals surface area contributed by atoms with E-state index in [9.17, 15) is 9.59 Å². The van der Waals surface area contributed by atoms with Crippen LogP contribution in [0.25, 0.3) is 0 Å². The van der Waals surface area contributed by atoms with Gasteiger partial charge < -0.3 is 19.9 Å². The van der Waals surface area contributed by atoms with Gasteiger partial charge in [-0.3, -0.25) is 14.6 Å². The Morgan fingerprint density at radius 3 is 2.58 bits per heavy atom. The largest absolute Gasteiger partial charge is 0.437 e.